The molecule has 1 atom stereocenters. The summed E-state index contributed by atoms with van der Waals surface area (Å²) in [4.78, 5) is 16.7. The maximum atomic E-state index is 12.0. The van der Waals surface area contributed by atoms with Gasteiger partial charge in [0.25, 0.3) is 0 Å². The third kappa shape index (κ3) is 5.12. The Balaban J connectivity index is 1.47. The van der Waals surface area contributed by atoms with E-state index in [-0.39, 0.29) is 12.4 Å². The lowest BCUT2D eigenvalue weighted by atomic mass is 10.1. The zero-order valence-corrected chi connectivity index (χ0v) is 16.8. The van der Waals surface area contributed by atoms with Gasteiger partial charge in [0.05, 0.1) is 5.56 Å². The molecule has 150 valence electrons. The highest BCUT2D eigenvalue weighted by atomic mass is 16.5. The third-order valence-corrected chi connectivity index (χ3v) is 5.24. The summed E-state index contributed by atoms with van der Waals surface area (Å²) in [6, 6.07) is 15.7. The van der Waals surface area contributed by atoms with Gasteiger partial charge in [-0.2, -0.15) is 0 Å². The molecule has 2 aromatic rings. The first kappa shape index (κ1) is 20.4. The number of benzene rings is 2. The lowest BCUT2D eigenvalue weighted by molar-refractivity contribution is 0.0655. The van der Waals surface area contributed by atoms with Crippen molar-refractivity contribution < 1.29 is 14.6 Å². The van der Waals surface area contributed by atoms with Gasteiger partial charge in [-0.1, -0.05) is 37.3 Å². The molecule has 0 aromatic heterocycles. The normalized spacial score (nSPS) is 16.0. The van der Waals surface area contributed by atoms with Gasteiger partial charge in [0, 0.05) is 44.8 Å². The number of carbonyl (C=O) groups is 1. The molecule has 28 heavy (non-hydrogen) atoms. The van der Waals surface area contributed by atoms with Crippen LogP contribution in [0.2, 0.25) is 0 Å². The monoisotopic (exact) mass is 382 g/mol. The number of carbonyl (C=O) groups excluding carboxylic acids is 1. The van der Waals surface area contributed by atoms with Crippen LogP contribution in [-0.4, -0.2) is 61.2 Å². The van der Waals surface area contributed by atoms with Gasteiger partial charge in [0.1, 0.15) is 18.5 Å². The quantitative estimate of drug-likeness (QED) is 0.711. The number of aliphatic hydroxyl groups excluding tert-OH is 1. The van der Waals surface area contributed by atoms with Crippen LogP contribution in [0.3, 0.4) is 0 Å². The smallest absolute Gasteiger partial charge is 0.166 e. The molecule has 1 saturated heterocycles. The zero-order chi connectivity index (χ0) is 19.9. The van der Waals surface area contributed by atoms with E-state index < -0.39 is 6.10 Å². The molecule has 0 amide bonds. The van der Waals surface area contributed by atoms with E-state index >= 15 is 0 Å². The lowest BCUT2D eigenvalue weighted by Gasteiger charge is -2.37. The molecular formula is C23H30N2O3. The van der Waals surface area contributed by atoms with Gasteiger partial charge in [0.2, 0.25) is 0 Å². The number of anilines is 1. The van der Waals surface area contributed by atoms with Crippen LogP contribution >= 0.6 is 0 Å². The number of β-amino-alcohol motifs (C(OH)–C–C–N with tert-alkyl or cyclic N) is 1. The average Bonchev–Trinajstić information content (AvgIpc) is 2.73. The van der Waals surface area contributed by atoms with E-state index in [2.05, 4.69) is 41.0 Å². The van der Waals surface area contributed by atoms with Crippen molar-refractivity contribution in [2.24, 2.45) is 0 Å². The Kier molecular flexibility index (Phi) is 7.06. The van der Waals surface area contributed by atoms with Gasteiger partial charge in [-0.25, -0.2) is 0 Å². The van der Waals surface area contributed by atoms with E-state index in [1.165, 1.54) is 11.3 Å². The van der Waals surface area contributed by atoms with Gasteiger partial charge in [0.15, 0.2) is 5.78 Å². The standard InChI is InChI=1S/C23H30N2O3/c1-3-22(27)20-9-5-7-11-23(20)28-17-19(26)16-24-12-14-25(15-13-24)21-10-6-4-8-18(21)2/h4-11,19,26H,3,12-17H2,1-2H3/t19-/m1/s1. The minimum atomic E-state index is -0.588. The van der Waals surface area contributed by atoms with Crippen molar-refractivity contribution in [2.45, 2.75) is 26.4 Å². The van der Waals surface area contributed by atoms with Crippen LogP contribution in [0.25, 0.3) is 0 Å². The molecule has 0 spiro atoms. The number of aliphatic hydroxyl groups is 1. The second-order valence-corrected chi connectivity index (χ2v) is 7.31. The van der Waals surface area contributed by atoms with E-state index in [9.17, 15) is 9.90 Å². The summed E-state index contributed by atoms with van der Waals surface area (Å²) in [5.74, 6) is 0.607. The molecular weight excluding hydrogens is 352 g/mol. The Hall–Kier alpha value is -2.37. The van der Waals surface area contributed by atoms with E-state index in [4.69, 9.17) is 4.74 Å². The highest BCUT2D eigenvalue weighted by molar-refractivity contribution is 5.98. The first-order valence-corrected chi connectivity index (χ1v) is 10.0. The fraction of sp³-hybridized carbons (Fsp3) is 0.435. The number of rotatable bonds is 8. The van der Waals surface area contributed by atoms with Crippen LogP contribution in [0.1, 0.15) is 29.3 Å². The van der Waals surface area contributed by atoms with Crippen molar-refractivity contribution in [1.29, 1.82) is 0 Å². The predicted molar refractivity (Wildman–Crippen MR) is 112 cm³/mol. The molecule has 2 aromatic carbocycles. The molecule has 3 rings (SSSR count). The summed E-state index contributed by atoms with van der Waals surface area (Å²) < 4.78 is 5.76. The fourth-order valence-corrected chi connectivity index (χ4v) is 3.64. The number of Topliss-reactive ketones (excluding diaryl/α,β-unsaturated/α-hetero) is 1. The second kappa shape index (κ2) is 9.71. The second-order valence-electron chi connectivity index (χ2n) is 7.31. The number of para-hydroxylation sites is 2. The van der Waals surface area contributed by atoms with Crippen LogP contribution in [0.4, 0.5) is 5.69 Å². The number of hydrogen-bond donors (Lipinski definition) is 1. The van der Waals surface area contributed by atoms with Crippen molar-refractivity contribution in [2.75, 3.05) is 44.2 Å². The maximum Gasteiger partial charge on any atom is 0.166 e. The molecule has 1 heterocycles. The van der Waals surface area contributed by atoms with Crippen LogP contribution in [0.5, 0.6) is 5.75 Å². The molecule has 1 aliphatic rings. The Morgan fingerprint density at radius 1 is 1.07 bits per heavy atom. The molecule has 1 N–H and O–H groups in total. The molecule has 1 aliphatic heterocycles. The highest BCUT2D eigenvalue weighted by Crippen LogP contribution is 2.22. The summed E-state index contributed by atoms with van der Waals surface area (Å²) in [5, 5.41) is 10.4. The van der Waals surface area contributed by atoms with E-state index in [1.807, 2.05) is 19.1 Å². The lowest BCUT2D eigenvalue weighted by Crippen LogP contribution is -2.49. The number of piperazine rings is 1. The molecule has 0 radical (unpaired) electrons. The topological polar surface area (TPSA) is 53.0 Å². The molecule has 5 nitrogen and oxygen atoms in total. The Labute approximate surface area is 167 Å². The first-order valence-electron chi connectivity index (χ1n) is 10.0. The number of hydrogen-bond acceptors (Lipinski definition) is 5. The van der Waals surface area contributed by atoms with Gasteiger partial charge >= 0.3 is 0 Å². The molecule has 0 aliphatic carbocycles. The molecule has 5 heteroatoms. The number of ketones is 1. The molecule has 0 saturated carbocycles. The summed E-state index contributed by atoms with van der Waals surface area (Å²) in [5.41, 5.74) is 3.18. The van der Waals surface area contributed by atoms with Crippen LogP contribution in [-0.2, 0) is 0 Å². The molecule has 0 unspecified atom stereocenters. The number of ether oxygens (including phenoxy) is 1. The fourth-order valence-electron chi connectivity index (χ4n) is 3.64. The number of nitrogens with zero attached hydrogens (tertiary/aromatic N) is 2. The first-order chi connectivity index (χ1) is 13.6. The van der Waals surface area contributed by atoms with Gasteiger partial charge in [-0.3, -0.25) is 9.69 Å². The van der Waals surface area contributed by atoms with Crippen LogP contribution in [0.15, 0.2) is 48.5 Å². The highest BCUT2D eigenvalue weighted by Gasteiger charge is 2.21. The Morgan fingerprint density at radius 2 is 1.75 bits per heavy atom. The van der Waals surface area contributed by atoms with Crippen molar-refractivity contribution in [3.05, 3.63) is 59.7 Å². The van der Waals surface area contributed by atoms with Crippen LogP contribution < -0.4 is 9.64 Å². The van der Waals surface area contributed by atoms with Gasteiger partial charge in [-0.15, -0.1) is 0 Å². The van der Waals surface area contributed by atoms with Crippen molar-refractivity contribution in [3.8, 4) is 5.75 Å². The van der Waals surface area contributed by atoms with Crippen molar-refractivity contribution in [1.82, 2.24) is 4.90 Å². The predicted octanol–water partition coefficient (Wildman–Crippen LogP) is 3.15. The van der Waals surface area contributed by atoms with Gasteiger partial charge in [-0.05, 0) is 30.7 Å². The van der Waals surface area contributed by atoms with E-state index in [0.29, 0.717) is 24.3 Å². The summed E-state index contributed by atoms with van der Waals surface area (Å²) in [7, 11) is 0. The van der Waals surface area contributed by atoms with Crippen molar-refractivity contribution in [3.63, 3.8) is 0 Å². The SMILES string of the molecule is CCC(=O)c1ccccc1OC[C@H](O)CN1CCN(c2ccccc2C)CC1. The summed E-state index contributed by atoms with van der Waals surface area (Å²) in [6.45, 7) is 8.47. The minimum absolute atomic E-state index is 0.0532. The summed E-state index contributed by atoms with van der Waals surface area (Å²) in [6.07, 6.45) is -0.150. The third-order valence-electron chi connectivity index (χ3n) is 5.24. The largest absolute Gasteiger partial charge is 0.490 e. The van der Waals surface area contributed by atoms with Crippen LogP contribution in [0, 0.1) is 6.92 Å². The van der Waals surface area contributed by atoms with Gasteiger partial charge < -0.3 is 14.7 Å². The van der Waals surface area contributed by atoms with E-state index in [1.54, 1.807) is 12.1 Å². The average molecular weight is 383 g/mol. The maximum absolute atomic E-state index is 12.0. The minimum Gasteiger partial charge on any atom is -0.490 e. The molecule has 0 bridgehead atoms. The van der Waals surface area contributed by atoms with Crippen molar-refractivity contribution >= 4 is 11.5 Å². The molecule has 1 fully saturated rings. The number of aryl methyl sites for hydroxylation is 1. The Bertz CT molecular complexity index is 785. The van der Waals surface area contributed by atoms with E-state index in [0.717, 1.165) is 26.2 Å². The summed E-state index contributed by atoms with van der Waals surface area (Å²) >= 11 is 0. The zero-order valence-electron chi connectivity index (χ0n) is 16.8. The Morgan fingerprint density at radius 3 is 2.46 bits per heavy atom.